The lowest BCUT2D eigenvalue weighted by molar-refractivity contribution is -0.117. The minimum absolute atomic E-state index is 0.0341. The minimum atomic E-state index is 0.0341. The normalized spacial score (nSPS) is 15.2. The molecule has 0 unspecified atom stereocenters. The van der Waals surface area contributed by atoms with Crippen molar-refractivity contribution in [1.82, 2.24) is 4.90 Å². The van der Waals surface area contributed by atoms with Crippen LogP contribution in [0.1, 0.15) is 11.1 Å². The molecule has 1 amide bonds. The van der Waals surface area contributed by atoms with Crippen molar-refractivity contribution in [3.8, 4) is 5.75 Å². The van der Waals surface area contributed by atoms with Crippen molar-refractivity contribution in [3.05, 3.63) is 53.6 Å². The molecule has 2 N–H and O–H groups in total. The van der Waals surface area contributed by atoms with Gasteiger partial charge in [0.1, 0.15) is 5.75 Å². The lowest BCUT2D eigenvalue weighted by atomic mass is 10.1. The highest BCUT2D eigenvalue weighted by molar-refractivity contribution is 5.93. The van der Waals surface area contributed by atoms with Gasteiger partial charge in [-0.1, -0.05) is 12.1 Å². The SMILES string of the molecule is Cc1ccc(C)c(NC(=O)CN2CCN(c3ccc(O)cc3)CC2)c1. The van der Waals surface area contributed by atoms with E-state index < -0.39 is 0 Å². The molecule has 2 aromatic rings. The molecule has 1 heterocycles. The summed E-state index contributed by atoms with van der Waals surface area (Å²) >= 11 is 0. The Balaban J connectivity index is 1.51. The van der Waals surface area contributed by atoms with Crippen molar-refractivity contribution in [1.29, 1.82) is 0 Å². The Bertz CT molecular complexity index is 735. The average molecular weight is 339 g/mol. The highest BCUT2D eigenvalue weighted by Crippen LogP contribution is 2.20. The van der Waals surface area contributed by atoms with Gasteiger partial charge in [0.2, 0.25) is 5.91 Å². The van der Waals surface area contributed by atoms with E-state index in [-0.39, 0.29) is 11.7 Å². The number of nitrogens with zero attached hydrogens (tertiary/aromatic N) is 2. The number of anilines is 2. The van der Waals surface area contributed by atoms with Gasteiger partial charge in [-0.3, -0.25) is 9.69 Å². The predicted octanol–water partition coefficient (Wildman–Crippen LogP) is 2.77. The van der Waals surface area contributed by atoms with Gasteiger partial charge in [-0.2, -0.15) is 0 Å². The molecule has 0 spiro atoms. The van der Waals surface area contributed by atoms with Crippen molar-refractivity contribution in [2.24, 2.45) is 0 Å². The topological polar surface area (TPSA) is 55.8 Å². The molecule has 5 heteroatoms. The fourth-order valence-electron chi connectivity index (χ4n) is 3.09. The van der Waals surface area contributed by atoms with Crippen molar-refractivity contribution in [3.63, 3.8) is 0 Å². The molecule has 0 radical (unpaired) electrons. The summed E-state index contributed by atoms with van der Waals surface area (Å²) in [6.45, 7) is 7.89. The van der Waals surface area contributed by atoms with Crippen molar-refractivity contribution in [2.75, 3.05) is 42.9 Å². The maximum atomic E-state index is 12.3. The van der Waals surface area contributed by atoms with Gasteiger partial charge in [-0.05, 0) is 55.3 Å². The zero-order chi connectivity index (χ0) is 17.8. The number of phenols is 1. The molecule has 1 aliphatic heterocycles. The monoisotopic (exact) mass is 339 g/mol. The number of carbonyl (C=O) groups is 1. The predicted molar refractivity (Wildman–Crippen MR) is 101 cm³/mol. The van der Waals surface area contributed by atoms with Crippen LogP contribution in [-0.4, -0.2) is 48.6 Å². The van der Waals surface area contributed by atoms with Gasteiger partial charge in [-0.15, -0.1) is 0 Å². The number of aromatic hydroxyl groups is 1. The first kappa shape index (κ1) is 17.3. The Morgan fingerprint density at radius 3 is 2.40 bits per heavy atom. The molecule has 0 aromatic heterocycles. The number of carbonyl (C=O) groups excluding carboxylic acids is 1. The van der Waals surface area contributed by atoms with Crippen molar-refractivity contribution < 1.29 is 9.90 Å². The van der Waals surface area contributed by atoms with E-state index in [1.54, 1.807) is 12.1 Å². The molecule has 0 aliphatic carbocycles. The molecule has 1 fully saturated rings. The molecule has 5 nitrogen and oxygen atoms in total. The van der Waals surface area contributed by atoms with Crippen LogP contribution in [0.3, 0.4) is 0 Å². The number of rotatable bonds is 4. The lowest BCUT2D eigenvalue weighted by Gasteiger charge is -2.35. The van der Waals surface area contributed by atoms with Crippen LogP contribution >= 0.6 is 0 Å². The third kappa shape index (κ3) is 4.51. The summed E-state index contributed by atoms with van der Waals surface area (Å²) in [5.74, 6) is 0.317. The number of aryl methyl sites for hydroxylation is 2. The fourth-order valence-corrected chi connectivity index (χ4v) is 3.09. The van der Waals surface area contributed by atoms with Gasteiger partial charge in [-0.25, -0.2) is 0 Å². The zero-order valence-corrected chi connectivity index (χ0v) is 14.8. The second-order valence-corrected chi connectivity index (χ2v) is 6.65. The van der Waals surface area contributed by atoms with Crippen molar-refractivity contribution >= 4 is 17.3 Å². The Hall–Kier alpha value is -2.53. The number of amides is 1. The molecule has 25 heavy (non-hydrogen) atoms. The minimum Gasteiger partial charge on any atom is -0.508 e. The molecular formula is C20H25N3O2. The summed E-state index contributed by atoms with van der Waals surface area (Å²) in [7, 11) is 0. The van der Waals surface area contributed by atoms with E-state index in [1.165, 1.54) is 0 Å². The highest BCUT2D eigenvalue weighted by atomic mass is 16.3. The average Bonchev–Trinajstić information content (AvgIpc) is 2.59. The van der Waals surface area contributed by atoms with Crippen LogP contribution in [0.5, 0.6) is 5.75 Å². The van der Waals surface area contributed by atoms with Crippen molar-refractivity contribution in [2.45, 2.75) is 13.8 Å². The molecule has 132 valence electrons. The maximum Gasteiger partial charge on any atom is 0.238 e. The Morgan fingerprint density at radius 1 is 1.04 bits per heavy atom. The lowest BCUT2D eigenvalue weighted by Crippen LogP contribution is -2.48. The summed E-state index contributed by atoms with van der Waals surface area (Å²) in [5.41, 5.74) is 4.23. The van der Waals surface area contributed by atoms with Gasteiger partial charge in [0.25, 0.3) is 0 Å². The van der Waals surface area contributed by atoms with Gasteiger partial charge in [0.05, 0.1) is 6.54 Å². The smallest absolute Gasteiger partial charge is 0.238 e. The summed E-state index contributed by atoms with van der Waals surface area (Å²) in [5, 5.41) is 12.4. The molecule has 0 atom stereocenters. The van der Waals surface area contributed by atoms with E-state index in [0.717, 1.165) is 48.7 Å². The third-order valence-corrected chi connectivity index (χ3v) is 4.62. The quantitative estimate of drug-likeness (QED) is 0.899. The number of phenolic OH excluding ortho intramolecular Hbond substituents is 1. The summed E-state index contributed by atoms with van der Waals surface area (Å²) < 4.78 is 0. The fraction of sp³-hybridized carbons (Fsp3) is 0.350. The summed E-state index contributed by atoms with van der Waals surface area (Å²) in [6, 6.07) is 13.4. The van der Waals surface area contributed by atoms with Gasteiger partial charge < -0.3 is 15.3 Å². The first-order valence-electron chi connectivity index (χ1n) is 8.65. The Morgan fingerprint density at radius 2 is 1.72 bits per heavy atom. The zero-order valence-electron chi connectivity index (χ0n) is 14.8. The van der Waals surface area contributed by atoms with Gasteiger partial charge in [0, 0.05) is 37.6 Å². The van der Waals surface area contributed by atoms with E-state index >= 15 is 0 Å². The van der Waals surface area contributed by atoms with Crippen LogP contribution in [0.15, 0.2) is 42.5 Å². The third-order valence-electron chi connectivity index (χ3n) is 4.62. The van der Waals surface area contributed by atoms with Gasteiger partial charge in [0.15, 0.2) is 0 Å². The standard InChI is InChI=1S/C20H25N3O2/c1-15-3-4-16(2)19(13-15)21-20(25)14-22-9-11-23(12-10-22)17-5-7-18(24)8-6-17/h3-8,13,24H,9-12,14H2,1-2H3,(H,21,25). The van der Waals surface area contributed by atoms with Crippen LogP contribution in [0.2, 0.25) is 0 Å². The molecule has 0 bridgehead atoms. The largest absolute Gasteiger partial charge is 0.508 e. The van der Waals surface area contributed by atoms with E-state index in [4.69, 9.17) is 0 Å². The summed E-state index contributed by atoms with van der Waals surface area (Å²) in [4.78, 5) is 16.8. The Kier molecular flexibility index (Phi) is 5.24. The van der Waals surface area contributed by atoms with Crippen LogP contribution < -0.4 is 10.2 Å². The van der Waals surface area contributed by atoms with E-state index in [9.17, 15) is 9.90 Å². The molecule has 1 aliphatic rings. The number of hydrogen-bond donors (Lipinski definition) is 2. The number of benzene rings is 2. The highest BCUT2D eigenvalue weighted by Gasteiger charge is 2.19. The van der Waals surface area contributed by atoms with E-state index in [2.05, 4.69) is 15.1 Å². The summed E-state index contributed by atoms with van der Waals surface area (Å²) in [6.07, 6.45) is 0. The van der Waals surface area contributed by atoms with E-state index in [1.807, 2.05) is 44.2 Å². The Labute approximate surface area is 148 Å². The molecule has 1 saturated heterocycles. The van der Waals surface area contributed by atoms with Crippen LogP contribution in [0.25, 0.3) is 0 Å². The molecule has 2 aromatic carbocycles. The number of piperazine rings is 1. The first-order valence-corrected chi connectivity index (χ1v) is 8.65. The second-order valence-electron chi connectivity index (χ2n) is 6.65. The van der Waals surface area contributed by atoms with Gasteiger partial charge >= 0.3 is 0 Å². The van der Waals surface area contributed by atoms with Crippen LogP contribution in [0.4, 0.5) is 11.4 Å². The molecule has 0 saturated carbocycles. The maximum absolute atomic E-state index is 12.3. The number of hydrogen-bond acceptors (Lipinski definition) is 4. The number of nitrogens with one attached hydrogen (secondary N) is 1. The molecular weight excluding hydrogens is 314 g/mol. The van der Waals surface area contributed by atoms with E-state index in [0.29, 0.717) is 6.54 Å². The first-order chi connectivity index (χ1) is 12.0. The van der Waals surface area contributed by atoms with Crippen LogP contribution in [-0.2, 0) is 4.79 Å². The second kappa shape index (κ2) is 7.57. The van der Waals surface area contributed by atoms with Crippen LogP contribution in [0, 0.1) is 13.8 Å². The molecule has 3 rings (SSSR count).